The normalized spacial score (nSPS) is 22.1. The van der Waals surface area contributed by atoms with Crippen molar-refractivity contribution in [2.24, 2.45) is 5.92 Å². The first-order chi connectivity index (χ1) is 19.7. The summed E-state index contributed by atoms with van der Waals surface area (Å²) in [5, 5.41) is 12.3. The maximum absolute atomic E-state index is 12.5. The van der Waals surface area contributed by atoms with E-state index in [0.29, 0.717) is 12.2 Å². The Balaban J connectivity index is 1.58. The van der Waals surface area contributed by atoms with E-state index in [1.54, 1.807) is 6.07 Å². The van der Waals surface area contributed by atoms with Gasteiger partial charge >= 0.3 is 5.97 Å². The van der Waals surface area contributed by atoms with E-state index in [2.05, 4.69) is 43.2 Å². The van der Waals surface area contributed by atoms with E-state index in [1.807, 2.05) is 60.7 Å². The van der Waals surface area contributed by atoms with Crippen molar-refractivity contribution in [2.45, 2.75) is 64.9 Å². The minimum absolute atomic E-state index is 0.0214. The zero-order valence-corrected chi connectivity index (χ0v) is 24.3. The number of ether oxygens (including phenoxy) is 3. The van der Waals surface area contributed by atoms with E-state index in [9.17, 15) is 14.7 Å². The van der Waals surface area contributed by atoms with Crippen LogP contribution in [0, 0.1) is 5.92 Å². The molecule has 0 aliphatic carbocycles. The molecule has 0 unspecified atom stereocenters. The molecule has 6 atom stereocenters. The Morgan fingerprint density at radius 3 is 2.34 bits per heavy atom. The van der Waals surface area contributed by atoms with Gasteiger partial charge in [-0.05, 0) is 49.7 Å². The Hall–Kier alpha value is -3.56. The maximum atomic E-state index is 12.5. The second-order valence-electron chi connectivity index (χ2n) is 10.7. The summed E-state index contributed by atoms with van der Waals surface area (Å²) >= 11 is 0. The number of esters is 1. The van der Waals surface area contributed by atoms with Crippen LogP contribution >= 0.6 is 0 Å². The summed E-state index contributed by atoms with van der Waals surface area (Å²) in [6, 6.07) is 25.7. The van der Waals surface area contributed by atoms with Gasteiger partial charge in [0.05, 0.1) is 18.8 Å². The molecule has 0 saturated carbocycles. The molecule has 1 saturated heterocycles. The monoisotopic (exact) mass is 560 g/mol. The van der Waals surface area contributed by atoms with E-state index >= 15 is 0 Å². The number of benzene rings is 3. The zero-order chi connectivity index (χ0) is 29.5. The molecule has 2 N–H and O–H groups in total. The fraction of sp³-hybridized carbons (Fsp3) is 0.394. The molecule has 8 heteroatoms. The van der Waals surface area contributed by atoms with Gasteiger partial charge in [0.25, 0.3) is 5.91 Å². The fourth-order valence-corrected chi connectivity index (χ4v) is 5.07. The summed E-state index contributed by atoms with van der Waals surface area (Å²) in [6.45, 7) is 7.78. The number of carbonyl (C=O) groups is 2. The second kappa shape index (κ2) is 13.9. The summed E-state index contributed by atoms with van der Waals surface area (Å²) < 4.78 is 18.2. The number of nitrogens with zero attached hydrogens (tertiary/aromatic N) is 1. The molecule has 0 bridgehead atoms. The molecular weight excluding hydrogens is 520 g/mol. The first-order valence-corrected chi connectivity index (χ1v) is 14.0. The Labute approximate surface area is 242 Å². The van der Waals surface area contributed by atoms with Crippen molar-refractivity contribution in [1.82, 2.24) is 4.90 Å². The first-order valence-electron chi connectivity index (χ1n) is 14.0. The standard InChI is InChI=1S/C33H40N2O6/c1-21-30(19-35(5)22(2)26-10-7-6-8-11-26)40-33(41-31(21)27-16-14-25(20-36)15-17-27)28-12-9-13-29(18-28)34-32(38)23(3)39-24(4)37/h6-18,21-23,30-31,33,36H,19-20H2,1-5H3,(H,34,38)/t21-,22-,23-,30+,31+,33+/m0/s1. The molecule has 1 heterocycles. The SMILES string of the molecule is CC(=O)O[C@@H](C)C(=O)Nc1cccc([C@@H]2O[C@H](CN(C)[C@@H](C)c3ccccc3)[C@H](C)[C@H](c3ccc(CO)cc3)O2)c1. The summed E-state index contributed by atoms with van der Waals surface area (Å²) in [6.07, 6.45) is -2.01. The van der Waals surface area contributed by atoms with Crippen LogP contribution in [0.2, 0.25) is 0 Å². The molecule has 41 heavy (non-hydrogen) atoms. The Kier molecular flexibility index (Phi) is 10.3. The fourth-order valence-electron chi connectivity index (χ4n) is 5.07. The molecule has 0 aromatic heterocycles. The number of aliphatic hydroxyl groups is 1. The summed E-state index contributed by atoms with van der Waals surface area (Å²) in [7, 11) is 2.10. The van der Waals surface area contributed by atoms with E-state index in [1.165, 1.54) is 19.4 Å². The Morgan fingerprint density at radius 1 is 0.976 bits per heavy atom. The van der Waals surface area contributed by atoms with Crippen LogP contribution < -0.4 is 5.32 Å². The highest BCUT2D eigenvalue weighted by Gasteiger charge is 2.39. The van der Waals surface area contributed by atoms with Crippen LogP contribution in [0.4, 0.5) is 5.69 Å². The largest absolute Gasteiger partial charge is 0.453 e. The first kappa shape index (κ1) is 30.4. The number of amides is 1. The summed E-state index contributed by atoms with van der Waals surface area (Å²) in [5.41, 5.74) is 4.38. The van der Waals surface area contributed by atoms with Crippen molar-refractivity contribution in [3.8, 4) is 0 Å². The molecule has 3 aromatic rings. The summed E-state index contributed by atoms with van der Waals surface area (Å²) in [5.74, 6) is -0.910. The number of nitrogens with one attached hydrogen (secondary N) is 1. The number of carbonyl (C=O) groups excluding carboxylic acids is 2. The Morgan fingerprint density at radius 2 is 1.68 bits per heavy atom. The van der Waals surface area contributed by atoms with Gasteiger partial charge < -0.3 is 24.6 Å². The number of likely N-dealkylation sites (N-methyl/N-ethyl adjacent to an activating group) is 1. The van der Waals surface area contributed by atoms with Gasteiger partial charge in [0, 0.05) is 36.7 Å². The number of hydrogen-bond donors (Lipinski definition) is 2. The lowest BCUT2D eigenvalue weighted by Crippen LogP contribution is -2.44. The molecule has 4 rings (SSSR count). The third-order valence-corrected chi connectivity index (χ3v) is 7.67. The van der Waals surface area contributed by atoms with Crippen LogP contribution in [0.15, 0.2) is 78.9 Å². The molecule has 1 aliphatic heterocycles. The average molecular weight is 561 g/mol. The predicted octanol–water partition coefficient (Wildman–Crippen LogP) is 5.55. The van der Waals surface area contributed by atoms with Crippen LogP contribution in [0.25, 0.3) is 0 Å². The minimum atomic E-state index is -0.919. The van der Waals surface area contributed by atoms with Gasteiger partial charge in [0.15, 0.2) is 12.4 Å². The van der Waals surface area contributed by atoms with Crippen LogP contribution in [0.3, 0.4) is 0 Å². The number of anilines is 1. The van der Waals surface area contributed by atoms with Crippen LogP contribution in [0.1, 0.15) is 68.4 Å². The highest BCUT2D eigenvalue weighted by atomic mass is 16.7. The number of rotatable bonds is 10. The minimum Gasteiger partial charge on any atom is -0.453 e. The van der Waals surface area contributed by atoms with Gasteiger partial charge in [-0.15, -0.1) is 0 Å². The van der Waals surface area contributed by atoms with E-state index in [-0.39, 0.29) is 30.8 Å². The molecule has 3 aromatic carbocycles. The van der Waals surface area contributed by atoms with Gasteiger partial charge in [-0.3, -0.25) is 14.5 Å². The smallest absolute Gasteiger partial charge is 0.303 e. The lowest BCUT2D eigenvalue weighted by Gasteiger charge is -2.43. The van der Waals surface area contributed by atoms with Crippen LogP contribution in [-0.2, 0) is 30.4 Å². The van der Waals surface area contributed by atoms with Crippen LogP contribution in [-0.4, -0.2) is 47.7 Å². The van der Waals surface area contributed by atoms with Crippen molar-refractivity contribution in [3.05, 3.63) is 101 Å². The zero-order valence-electron chi connectivity index (χ0n) is 24.3. The topological polar surface area (TPSA) is 97.3 Å². The van der Waals surface area contributed by atoms with Gasteiger partial charge in [-0.25, -0.2) is 0 Å². The highest BCUT2D eigenvalue weighted by molar-refractivity contribution is 5.95. The lowest BCUT2D eigenvalue weighted by atomic mass is 9.89. The van der Waals surface area contributed by atoms with Crippen molar-refractivity contribution >= 4 is 17.6 Å². The van der Waals surface area contributed by atoms with E-state index in [4.69, 9.17) is 14.2 Å². The molecule has 1 fully saturated rings. The van der Waals surface area contributed by atoms with E-state index in [0.717, 1.165) is 16.7 Å². The highest BCUT2D eigenvalue weighted by Crippen LogP contribution is 2.42. The molecule has 8 nitrogen and oxygen atoms in total. The molecule has 0 radical (unpaired) electrons. The van der Waals surface area contributed by atoms with Crippen molar-refractivity contribution in [1.29, 1.82) is 0 Å². The average Bonchev–Trinajstić information content (AvgIpc) is 2.98. The number of aliphatic hydroxyl groups excluding tert-OH is 1. The van der Waals surface area contributed by atoms with Gasteiger partial charge in [0.2, 0.25) is 0 Å². The second-order valence-corrected chi connectivity index (χ2v) is 10.7. The number of hydrogen-bond acceptors (Lipinski definition) is 7. The van der Waals surface area contributed by atoms with Gasteiger partial charge in [0.1, 0.15) is 0 Å². The third-order valence-electron chi connectivity index (χ3n) is 7.67. The third kappa shape index (κ3) is 7.80. The Bertz CT molecular complexity index is 1300. The quantitative estimate of drug-likeness (QED) is 0.314. The van der Waals surface area contributed by atoms with Gasteiger partial charge in [-0.1, -0.05) is 73.7 Å². The summed E-state index contributed by atoms with van der Waals surface area (Å²) in [4.78, 5) is 26.1. The molecule has 218 valence electrons. The van der Waals surface area contributed by atoms with E-state index < -0.39 is 24.3 Å². The maximum Gasteiger partial charge on any atom is 0.303 e. The predicted molar refractivity (Wildman–Crippen MR) is 157 cm³/mol. The molecular formula is C33H40N2O6. The van der Waals surface area contributed by atoms with Gasteiger partial charge in [-0.2, -0.15) is 0 Å². The van der Waals surface area contributed by atoms with Crippen molar-refractivity contribution in [3.63, 3.8) is 0 Å². The molecule has 1 amide bonds. The van der Waals surface area contributed by atoms with Crippen LogP contribution in [0.5, 0.6) is 0 Å². The lowest BCUT2D eigenvalue weighted by molar-refractivity contribution is -0.276. The van der Waals surface area contributed by atoms with Crippen molar-refractivity contribution in [2.75, 3.05) is 18.9 Å². The molecule has 1 aliphatic rings. The van der Waals surface area contributed by atoms with Crippen molar-refractivity contribution < 1.29 is 28.9 Å². The molecule has 0 spiro atoms.